The first-order chi connectivity index (χ1) is 17.2. The first kappa shape index (κ1) is 26.1. The van der Waals surface area contributed by atoms with Crippen LogP contribution in [0.5, 0.6) is 0 Å². The van der Waals surface area contributed by atoms with Crippen LogP contribution in [0.25, 0.3) is 0 Å². The van der Waals surface area contributed by atoms with E-state index in [1.165, 1.54) is 18.6 Å². The second kappa shape index (κ2) is 11.4. The number of hydrogen-bond donors (Lipinski definition) is 3. The van der Waals surface area contributed by atoms with Gasteiger partial charge in [0.15, 0.2) is 5.82 Å². The van der Waals surface area contributed by atoms with Crippen LogP contribution in [-0.2, 0) is 10.0 Å². The second-order valence-electron chi connectivity index (χ2n) is 10.1. The maximum absolute atomic E-state index is 12.6. The molecule has 1 aromatic carbocycles. The van der Waals surface area contributed by atoms with Crippen molar-refractivity contribution in [1.29, 1.82) is 0 Å². The third-order valence-electron chi connectivity index (χ3n) is 7.22. The van der Waals surface area contributed by atoms with Crippen molar-refractivity contribution in [1.82, 2.24) is 25.5 Å². The van der Waals surface area contributed by atoms with Gasteiger partial charge in [0, 0.05) is 12.0 Å². The van der Waals surface area contributed by atoms with E-state index in [1.807, 2.05) is 0 Å². The molecule has 0 spiro atoms. The third kappa shape index (κ3) is 6.63. The molecular formula is C25H35N5O5S. The molecule has 1 unspecified atom stereocenters. The minimum atomic E-state index is -4.02. The van der Waals surface area contributed by atoms with E-state index in [4.69, 9.17) is 4.52 Å². The molecule has 196 valence electrons. The van der Waals surface area contributed by atoms with Gasteiger partial charge in [0.1, 0.15) is 0 Å². The Kier molecular flexibility index (Phi) is 8.28. The number of carbonyl (C=O) groups is 2. The van der Waals surface area contributed by atoms with E-state index >= 15 is 0 Å². The number of nitrogens with one attached hydrogen (secondary N) is 3. The summed E-state index contributed by atoms with van der Waals surface area (Å²) in [6.07, 6.45) is 9.20. The standard InChI is InChI=1S/C25H35N5O5S/c1-16-8-12-20(13-9-16)27-25(32)30-36(33,34)21-14-10-18(11-15-21)17(2)26-23(31)24-28-22(29-35-24)19-6-4-3-5-7-19/h10-11,14-17,19-20H,3-9,12-13H2,1-2H3,(H,26,31)(H2,27,30,32). The molecule has 2 aliphatic carbocycles. The molecule has 11 heteroatoms. The van der Waals surface area contributed by atoms with Gasteiger partial charge in [0.2, 0.25) is 0 Å². The van der Waals surface area contributed by atoms with Crippen LogP contribution < -0.4 is 15.4 Å². The number of rotatable bonds is 7. The SMILES string of the molecule is CC1CCC(NC(=O)NS(=O)(=O)c2ccc(C(C)NC(=O)c3nc(C4CCCCC4)no3)cc2)CC1. The zero-order chi connectivity index (χ0) is 25.7. The zero-order valence-corrected chi connectivity index (χ0v) is 21.6. The summed E-state index contributed by atoms with van der Waals surface area (Å²) >= 11 is 0. The number of hydrogen-bond acceptors (Lipinski definition) is 7. The first-order valence-electron chi connectivity index (χ1n) is 12.8. The van der Waals surface area contributed by atoms with Crippen molar-refractivity contribution in [2.45, 2.75) is 94.5 Å². The van der Waals surface area contributed by atoms with Crippen molar-refractivity contribution in [3.63, 3.8) is 0 Å². The van der Waals surface area contributed by atoms with Crippen molar-refractivity contribution < 1.29 is 22.5 Å². The molecule has 10 nitrogen and oxygen atoms in total. The average Bonchev–Trinajstić information content (AvgIpc) is 3.36. The van der Waals surface area contributed by atoms with E-state index in [2.05, 4.69) is 32.4 Å². The maximum Gasteiger partial charge on any atom is 0.328 e. The van der Waals surface area contributed by atoms with Gasteiger partial charge in [-0.05, 0) is 69.1 Å². The largest absolute Gasteiger partial charge is 0.341 e. The molecule has 0 radical (unpaired) electrons. The van der Waals surface area contributed by atoms with Crippen molar-refractivity contribution in [3.8, 4) is 0 Å². The topological polar surface area (TPSA) is 143 Å². The highest BCUT2D eigenvalue weighted by Crippen LogP contribution is 2.31. The number of sulfonamides is 1. The molecule has 0 bridgehead atoms. The van der Waals surface area contributed by atoms with Gasteiger partial charge in [-0.25, -0.2) is 17.9 Å². The molecule has 1 aromatic heterocycles. The fourth-order valence-electron chi connectivity index (χ4n) is 4.93. The summed E-state index contributed by atoms with van der Waals surface area (Å²) in [4.78, 5) is 29.1. The molecule has 2 saturated carbocycles. The lowest BCUT2D eigenvalue weighted by molar-refractivity contribution is 0.0895. The third-order valence-corrected chi connectivity index (χ3v) is 8.57. The summed E-state index contributed by atoms with van der Waals surface area (Å²) in [5.74, 6) is 0.884. The lowest BCUT2D eigenvalue weighted by atomic mass is 9.87. The Bertz CT molecular complexity index is 1150. The number of urea groups is 1. The predicted octanol–water partition coefficient (Wildman–Crippen LogP) is 4.17. The van der Waals surface area contributed by atoms with Crippen LogP contribution in [-0.4, -0.2) is 36.5 Å². The fraction of sp³-hybridized carbons (Fsp3) is 0.600. The van der Waals surface area contributed by atoms with Gasteiger partial charge in [-0.2, -0.15) is 4.98 Å². The van der Waals surface area contributed by atoms with Crippen LogP contribution in [0, 0.1) is 5.92 Å². The highest BCUT2D eigenvalue weighted by atomic mass is 32.2. The van der Waals surface area contributed by atoms with Crippen molar-refractivity contribution in [2.24, 2.45) is 5.92 Å². The van der Waals surface area contributed by atoms with Crippen LogP contribution in [0.1, 0.15) is 106 Å². The van der Waals surface area contributed by atoms with Gasteiger partial charge in [-0.3, -0.25) is 4.79 Å². The second-order valence-corrected chi connectivity index (χ2v) is 11.8. The molecular weight excluding hydrogens is 482 g/mol. The molecule has 0 saturated heterocycles. The normalized spacial score (nSPS) is 21.9. The molecule has 3 amide bonds. The van der Waals surface area contributed by atoms with E-state index in [9.17, 15) is 18.0 Å². The summed E-state index contributed by atoms with van der Waals surface area (Å²) < 4.78 is 32.6. The van der Waals surface area contributed by atoms with Gasteiger partial charge in [-0.15, -0.1) is 0 Å². The Morgan fingerprint density at radius 2 is 1.67 bits per heavy atom. The Balaban J connectivity index is 1.31. The lowest BCUT2D eigenvalue weighted by Crippen LogP contribution is -2.45. The van der Waals surface area contributed by atoms with E-state index in [0.29, 0.717) is 17.3 Å². The number of carbonyl (C=O) groups excluding carboxylic acids is 2. The molecule has 2 fully saturated rings. The molecule has 3 N–H and O–H groups in total. The van der Waals surface area contributed by atoms with Crippen molar-refractivity contribution in [3.05, 3.63) is 41.5 Å². The summed E-state index contributed by atoms with van der Waals surface area (Å²) in [7, 11) is -4.02. The molecule has 36 heavy (non-hydrogen) atoms. The summed E-state index contributed by atoms with van der Waals surface area (Å²) in [6.45, 7) is 3.95. The summed E-state index contributed by atoms with van der Waals surface area (Å²) in [6, 6.07) is 4.85. The van der Waals surface area contributed by atoms with Crippen molar-refractivity contribution >= 4 is 22.0 Å². The molecule has 2 aromatic rings. The molecule has 1 atom stereocenters. The van der Waals surface area contributed by atoms with E-state index < -0.39 is 28.0 Å². The Morgan fingerprint density at radius 1 is 1.00 bits per heavy atom. The summed E-state index contributed by atoms with van der Waals surface area (Å²) in [5, 5.41) is 9.55. The predicted molar refractivity (Wildman–Crippen MR) is 133 cm³/mol. The Morgan fingerprint density at radius 3 is 2.33 bits per heavy atom. The van der Waals surface area contributed by atoms with Crippen LogP contribution in [0.15, 0.2) is 33.7 Å². The number of benzene rings is 1. The highest BCUT2D eigenvalue weighted by Gasteiger charge is 2.25. The van der Waals surface area contributed by atoms with Gasteiger partial charge in [0.25, 0.3) is 10.0 Å². The Labute approximate surface area is 212 Å². The van der Waals surface area contributed by atoms with Crippen LogP contribution in [0.3, 0.4) is 0 Å². The van der Waals surface area contributed by atoms with Crippen LogP contribution in [0.4, 0.5) is 4.79 Å². The lowest BCUT2D eigenvalue weighted by Gasteiger charge is -2.26. The van der Waals surface area contributed by atoms with E-state index in [0.717, 1.165) is 51.4 Å². The zero-order valence-electron chi connectivity index (χ0n) is 20.8. The van der Waals surface area contributed by atoms with Crippen LogP contribution >= 0.6 is 0 Å². The average molecular weight is 518 g/mol. The first-order valence-corrected chi connectivity index (χ1v) is 14.3. The van der Waals surface area contributed by atoms with E-state index in [-0.39, 0.29) is 22.7 Å². The highest BCUT2D eigenvalue weighted by molar-refractivity contribution is 7.90. The van der Waals surface area contributed by atoms with Crippen molar-refractivity contribution in [2.75, 3.05) is 0 Å². The number of aromatic nitrogens is 2. The maximum atomic E-state index is 12.6. The van der Waals surface area contributed by atoms with Gasteiger partial charge < -0.3 is 15.2 Å². The molecule has 2 aliphatic rings. The van der Waals surface area contributed by atoms with Gasteiger partial charge in [-0.1, -0.05) is 43.5 Å². The summed E-state index contributed by atoms with van der Waals surface area (Å²) in [5.41, 5.74) is 0.690. The van der Waals surface area contributed by atoms with Crippen LogP contribution in [0.2, 0.25) is 0 Å². The number of amides is 3. The minimum Gasteiger partial charge on any atom is -0.341 e. The van der Waals surface area contributed by atoms with Gasteiger partial charge in [0.05, 0.1) is 10.9 Å². The minimum absolute atomic E-state index is 0.0131. The molecule has 1 heterocycles. The van der Waals surface area contributed by atoms with E-state index in [1.54, 1.807) is 19.1 Å². The monoisotopic (exact) mass is 517 g/mol. The molecule has 4 rings (SSSR count). The fourth-order valence-corrected chi connectivity index (χ4v) is 5.85. The number of nitrogens with zero attached hydrogens (tertiary/aromatic N) is 2. The van der Waals surface area contributed by atoms with Gasteiger partial charge >= 0.3 is 17.8 Å². The molecule has 0 aliphatic heterocycles. The Hall–Kier alpha value is -2.95. The quantitative estimate of drug-likeness (QED) is 0.500. The smallest absolute Gasteiger partial charge is 0.328 e.